The highest BCUT2D eigenvalue weighted by atomic mass is 19.4. The molecule has 186 valence electrons. The van der Waals surface area contributed by atoms with Crippen LogP contribution in [-0.4, -0.2) is 59.9 Å². The van der Waals surface area contributed by atoms with Crippen LogP contribution >= 0.6 is 0 Å². The minimum Gasteiger partial charge on any atom is -0.480 e. The van der Waals surface area contributed by atoms with Gasteiger partial charge in [0.05, 0.1) is 0 Å². The molecule has 7 nitrogen and oxygen atoms in total. The van der Waals surface area contributed by atoms with Gasteiger partial charge in [0.25, 0.3) is 0 Å². The second-order valence-corrected chi connectivity index (χ2v) is 8.68. The number of ether oxygens (including phenoxy) is 1. The van der Waals surface area contributed by atoms with Crippen LogP contribution in [0.3, 0.4) is 0 Å². The number of hydrogen-bond donors (Lipinski definition) is 2. The van der Waals surface area contributed by atoms with Crippen molar-refractivity contribution in [1.29, 1.82) is 0 Å². The van der Waals surface area contributed by atoms with E-state index in [1.165, 1.54) is 0 Å². The Balaban J connectivity index is 1.40. The first-order valence-corrected chi connectivity index (χ1v) is 11.4. The number of rotatable bonds is 6. The van der Waals surface area contributed by atoms with Crippen LogP contribution in [0.4, 0.5) is 18.0 Å². The summed E-state index contributed by atoms with van der Waals surface area (Å²) in [5.74, 6) is -5.53. The van der Waals surface area contributed by atoms with E-state index in [2.05, 4.69) is 0 Å². The molecule has 4 rings (SSSR count). The van der Waals surface area contributed by atoms with Gasteiger partial charge in [-0.15, -0.1) is 0 Å². The molecule has 1 aliphatic heterocycles. The van der Waals surface area contributed by atoms with Gasteiger partial charge in [-0.2, -0.15) is 13.2 Å². The fourth-order valence-corrected chi connectivity index (χ4v) is 4.83. The van der Waals surface area contributed by atoms with Crippen LogP contribution in [0.5, 0.6) is 0 Å². The monoisotopic (exact) mass is 490 g/mol. The van der Waals surface area contributed by atoms with Gasteiger partial charge in [0.15, 0.2) is 5.92 Å². The predicted octanol–water partition coefficient (Wildman–Crippen LogP) is 4.17. The zero-order valence-corrected chi connectivity index (χ0v) is 18.8. The van der Waals surface area contributed by atoms with Gasteiger partial charge in [0, 0.05) is 19.0 Å². The van der Waals surface area contributed by atoms with Crippen LogP contribution in [0.15, 0.2) is 48.5 Å². The molecule has 0 radical (unpaired) electrons. The molecule has 2 aliphatic rings. The molecular weight excluding hydrogens is 465 g/mol. The zero-order valence-electron chi connectivity index (χ0n) is 18.8. The number of alkyl halides is 3. The molecule has 2 aromatic rings. The maximum atomic E-state index is 13.7. The second kappa shape index (κ2) is 9.97. The van der Waals surface area contributed by atoms with Gasteiger partial charge in [-0.1, -0.05) is 48.5 Å². The van der Waals surface area contributed by atoms with E-state index in [0.29, 0.717) is 12.8 Å². The number of nitrogens with one attached hydrogen (secondary N) is 1. The molecule has 1 aliphatic carbocycles. The summed E-state index contributed by atoms with van der Waals surface area (Å²) in [6.45, 7) is -1.20. The van der Waals surface area contributed by atoms with Gasteiger partial charge in [-0.05, 0) is 41.5 Å². The van der Waals surface area contributed by atoms with Crippen molar-refractivity contribution in [2.24, 2.45) is 5.92 Å². The number of alkyl carbamates (subject to hydrolysis) is 1. The lowest BCUT2D eigenvalue weighted by Crippen LogP contribution is -2.54. The number of carboxylic acid groups (broad SMARTS) is 1. The zero-order chi connectivity index (χ0) is 25.2. The lowest BCUT2D eigenvalue weighted by molar-refractivity contribution is -0.191. The molecule has 0 saturated carbocycles. The Bertz CT molecular complexity index is 1070. The number of carbonyl (C=O) groups excluding carboxylic acids is 2. The van der Waals surface area contributed by atoms with Crippen LogP contribution in [0.25, 0.3) is 11.1 Å². The minimum atomic E-state index is -4.96. The first kappa shape index (κ1) is 24.6. The van der Waals surface area contributed by atoms with E-state index in [4.69, 9.17) is 4.74 Å². The standard InChI is InChI=1S/C25H25F3N2O5/c26-25(27,28)20(22(31)30-12-6-5-11-21(30)23(32)33)13-29-24(34)35-14-19-17-9-3-1-7-15(17)16-8-2-4-10-18(16)19/h1-4,7-10,19-21H,5-6,11-14H2,(H,29,34)(H,32,33)/t20?,21-/m1/s1. The Labute approximate surface area is 199 Å². The molecule has 2 atom stereocenters. The number of benzene rings is 2. The summed E-state index contributed by atoms with van der Waals surface area (Å²) in [6.07, 6.45) is -5.03. The topological polar surface area (TPSA) is 95.9 Å². The largest absolute Gasteiger partial charge is 0.480 e. The molecule has 0 aromatic heterocycles. The summed E-state index contributed by atoms with van der Waals surface area (Å²) < 4.78 is 46.3. The van der Waals surface area contributed by atoms with Crippen LogP contribution in [0.1, 0.15) is 36.3 Å². The van der Waals surface area contributed by atoms with Crippen molar-refractivity contribution in [3.8, 4) is 11.1 Å². The number of amides is 2. The normalized spacial score (nSPS) is 18.4. The predicted molar refractivity (Wildman–Crippen MR) is 120 cm³/mol. The van der Waals surface area contributed by atoms with E-state index in [-0.39, 0.29) is 25.5 Å². The molecule has 2 N–H and O–H groups in total. The van der Waals surface area contributed by atoms with Crippen LogP contribution < -0.4 is 5.32 Å². The van der Waals surface area contributed by atoms with Crippen molar-refractivity contribution < 1.29 is 37.4 Å². The van der Waals surface area contributed by atoms with E-state index < -0.39 is 42.7 Å². The fourth-order valence-electron chi connectivity index (χ4n) is 4.83. The molecule has 1 unspecified atom stereocenters. The van der Waals surface area contributed by atoms with Crippen molar-refractivity contribution in [2.45, 2.75) is 37.4 Å². The Hall–Kier alpha value is -3.56. The van der Waals surface area contributed by atoms with Crippen molar-refractivity contribution in [1.82, 2.24) is 10.2 Å². The van der Waals surface area contributed by atoms with Gasteiger partial charge in [0.2, 0.25) is 5.91 Å². The Morgan fingerprint density at radius 1 is 1.03 bits per heavy atom. The van der Waals surface area contributed by atoms with Gasteiger partial charge >= 0.3 is 18.2 Å². The van der Waals surface area contributed by atoms with E-state index >= 15 is 0 Å². The number of fused-ring (bicyclic) bond motifs is 3. The highest BCUT2D eigenvalue weighted by Crippen LogP contribution is 2.44. The number of carbonyl (C=O) groups is 3. The highest BCUT2D eigenvalue weighted by Gasteiger charge is 2.49. The molecule has 2 aromatic carbocycles. The molecule has 2 amide bonds. The third kappa shape index (κ3) is 5.11. The van der Waals surface area contributed by atoms with Gasteiger partial charge in [-0.25, -0.2) is 9.59 Å². The van der Waals surface area contributed by atoms with E-state index in [1.807, 2.05) is 53.8 Å². The first-order chi connectivity index (χ1) is 16.7. The maximum Gasteiger partial charge on any atom is 0.407 e. The van der Waals surface area contributed by atoms with Gasteiger partial charge < -0.3 is 20.1 Å². The van der Waals surface area contributed by atoms with Gasteiger partial charge in [-0.3, -0.25) is 4.79 Å². The summed E-state index contributed by atoms with van der Waals surface area (Å²) in [5.41, 5.74) is 3.92. The number of piperidine rings is 1. The summed E-state index contributed by atoms with van der Waals surface area (Å²) in [4.78, 5) is 37.2. The molecule has 0 bridgehead atoms. The third-order valence-corrected chi connectivity index (χ3v) is 6.56. The van der Waals surface area contributed by atoms with Crippen molar-refractivity contribution in [3.05, 3.63) is 59.7 Å². The van der Waals surface area contributed by atoms with E-state index in [0.717, 1.165) is 27.2 Å². The van der Waals surface area contributed by atoms with Crippen LogP contribution in [0, 0.1) is 5.92 Å². The Morgan fingerprint density at radius 3 is 2.20 bits per heavy atom. The molecule has 0 spiro atoms. The molecule has 1 heterocycles. The summed E-state index contributed by atoms with van der Waals surface area (Å²) in [5, 5.41) is 11.4. The molecule has 1 fully saturated rings. The number of aliphatic carboxylic acids is 1. The van der Waals surface area contributed by atoms with Crippen molar-refractivity contribution in [3.63, 3.8) is 0 Å². The fraction of sp³-hybridized carbons (Fsp3) is 0.400. The highest BCUT2D eigenvalue weighted by molar-refractivity contribution is 5.86. The lowest BCUT2D eigenvalue weighted by Gasteiger charge is -2.35. The smallest absolute Gasteiger partial charge is 0.407 e. The molecule has 35 heavy (non-hydrogen) atoms. The molecule has 10 heteroatoms. The molecule has 1 saturated heterocycles. The maximum absolute atomic E-state index is 13.7. The summed E-state index contributed by atoms with van der Waals surface area (Å²) in [6, 6.07) is 14.0. The Kier molecular flexibility index (Phi) is 7.00. The van der Waals surface area contributed by atoms with Crippen LogP contribution in [-0.2, 0) is 14.3 Å². The Morgan fingerprint density at radius 2 is 1.63 bits per heavy atom. The third-order valence-electron chi connectivity index (χ3n) is 6.56. The quantitative estimate of drug-likeness (QED) is 0.634. The second-order valence-electron chi connectivity index (χ2n) is 8.68. The number of hydrogen-bond acceptors (Lipinski definition) is 4. The molecular formula is C25H25F3N2O5. The lowest BCUT2D eigenvalue weighted by atomic mass is 9.98. The number of nitrogens with zero attached hydrogens (tertiary/aromatic N) is 1. The number of likely N-dealkylation sites (tertiary alicyclic amines) is 1. The number of halogens is 3. The van der Waals surface area contributed by atoms with Crippen molar-refractivity contribution >= 4 is 18.0 Å². The van der Waals surface area contributed by atoms with E-state index in [9.17, 15) is 32.7 Å². The van der Waals surface area contributed by atoms with Gasteiger partial charge in [0.1, 0.15) is 12.6 Å². The summed E-state index contributed by atoms with van der Waals surface area (Å²) in [7, 11) is 0. The minimum absolute atomic E-state index is 0.0761. The van der Waals surface area contributed by atoms with Crippen molar-refractivity contribution in [2.75, 3.05) is 19.7 Å². The average molecular weight is 490 g/mol. The first-order valence-electron chi connectivity index (χ1n) is 11.4. The van der Waals surface area contributed by atoms with Crippen LogP contribution in [0.2, 0.25) is 0 Å². The SMILES string of the molecule is O=C(NCC(C(=O)N1CCCC[C@@H]1C(=O)O)C(F)(F)F)OCC1c2ccccc2-c2ccccc21. The van der Waals surface area contributed by atoms with E-state index in [1.54, 1.807) is 0 Å². The number of carboxylic acids is 1. The summed E-state index contributed by atoms with van der Waals surface area (Å²) >= 11 is 0. The average Bonchev–Trinajstić information content (AvgIpc) is 3.15.